The Balaban J connectivity index is 3.31. The van der Waals surface area contributed by atoms with Crippen LogP contribution in [0, 0.1) is 0 Å². The second kappa shape index (κ2) is 4.61. The first kappa shape index (κ1) is 12.6. The molecule has 0 unspecified atom stereocenters. The monoisotopic (exact) mass is 235 g/mol. The van der Waals surface area contributed by atoms with E-state index in [1.165, 1.54) is 13.2 Å². The van der Waals surface area contributed by atoms with Crippen LogP contribution < -0.4 is 10.5 Å². The molecule has 1 aromatic rings. The summed E-state index contributed by atoms with van der Waals surface area (Å²) in [7, 11) is 1.26. The fourth-order valence-corrected chi connectivity index (χ4v) is 1.35. The molecule has 0 fully saturated rings. The maximum Gasteiger partial charge on any atom is 0.420 e. The van der Waals surface area contributed by atoms with Crippen molar-refractivity contribution in [3.63, 3.8) is 0 Å². The highest BCUT2D eigenvalue weighted by molar-refractivity contribution is 5.48. The topological polar surface area (TPSA) is 55.5 Å². The lowest BCUT2D eigenvalue weighted by atomic mass is 10.0. The molecule has 1 aromatic carbocycles. The number of rotatable bonds is 3. The van der Waals surface area contributed by atoms with Crippen LogP contribution in [-0.2, 0) is 12.6 Å². The summed E-state index contributed by atoms with van der Waals surface area (Å²) in [5.41, 5.74) is 4.28. The molecule has 0 saturated heterocycles. The molecule has 0 aromatic heterocycles. The second-order valence-corrected chi connectivity index (χ2v) is 3.22. The van der Waals surface area contributed by atoms with E-state index in [0.717, 1.165) is 6.07 Å². The maximum absolute atomic E-state index is 12.5. The zero-order valence-electron chi connectivity index (χ0n) is 8.64. The van der Waals surface area contributed by atoms with Crippen LogP contribution in [0.25, 0.3) is 0 Å². The summed E-state index contributed by atoms with van der Waals surface area (Å²) in [6.07, 6.45) is -4.45. The van der Waals surface area contributed by atoms with Gasteiger partial charge in [0.25, 0.3) is 0 Å². The van der Waals surface area contributed by atoms with E-state index in [0.29, 0.717) is 0 Å². The summed E-state index contributed by atoms with van der Waals surface area (Å²) in [6.45, 7) is 0.151. The lowest BCUT2D eigenvalue weighted by Gasteiger charge is -2.14. The molecule has 0 aliphatic rings. The average Bonchev–Trinajstić information content (AvgIpc) is 2.19. The molecule has 0 heterocycles. The Bertz CT molecular complexity index is 377. The summed E-state index contributed by atoms with van der Waals surface area (Å²) in [5.74, 6) is -0.729. The number of alkyl halides is 3. The van der Waals surface area contributed by atoms with Crippen LogP contribution in [0.3, 0.4) is 0 Å². The number of benzene rings is 1. The Morgan fingerprint density at radius 2 is 2.00 bits per heavy atom. The van der Waals surface area contributed by atoms with E-state index < -0.39 is 17.5 Å². The molecular formula is C10H12F3NO2. The van der Waals surface area contributed by atoms with Crippen molar-refractivity contribution in [2.45, 2.75) is 12.6 Å². The van der Waals surface area contributed by atoms with Gasteiger partial charge in [0.1, 0.15) is 17.1 Å². The van der Waals surface area contributed by atoms with Crippen molar-refractivity contribution < 1.29 is 23.0 Å². The minimum Gasteiger partial charge on any atom is -0.507 e. The molecule has 0 atom stereocenters. The highest BCUT2D eigenvalue weighted by Gasteiger charge is 2.35. The van der Waals surface area contributed by atoms with E-state index >= 15 is 0 Å². The van der Waals surface area contributed by atoms with Crippen molar-refractivity contribution in [1.82, 2.24) is 0 Å². The van der Waals surface area contributed by atoms with Gasteiger partial charge in [-0.05, 0) is 30.7 Å². The number of methoxy groups -OCH3 is 1. The Morgan fingerprint density at radius 3 is 2.44 bits per heavy atom. The first-order valence-electron chi connectivity index (χ1n) is 4.57. The lowest BCUT2D eigenvalue weighted by molar-refractivity contribution is -0.138. The number of hydrogen-bond donors (Lipinski definition) is 2. The second-order valence-electron chi connectivity index (χ2n) is 3.22. The quantitative estimate of drug-likeness (QED) is 0.841. The van der Waals surface area contributed by atoms with Crippen molar-refractivity contribution in [2.75, 3.05) is 13.7 Å². The molecule has 0 radical (unpaired) electrons. The van der Waals surface area contributed by atoms with Gasteiger partial charge >= 0.3 is 6.18 Å². The summed E-state index contributed by atoms with van der Waals surface area (Å²) in [4.78, 5) is 0. The predicted molar refractivity (Wildman–Crippen MR) is 52.4 cm³/mol. The third kappa shape index (κ3) is 2.57. The van der Waals surface area contributed by atoms with Crippen LogP contribution in [0.4, 0.5) is 13.2 Å². The number of halogens is 3. The van der Waals surface area contributed by atoms with Gasteiger partial charge in [-0.2, -0.15) is 13.2 Å². The molecule has 6 heteroatoms. The van der Waals surface area contributed by atoms with Crippen LogP contribution in [0.1, 0.15) is 11.1 Å². The third-order valence-corrected chi connectivity index (χ3v) is 2.12. The SMILES string of the molecule is COc1cc(CCN)c(O)c(C(F)(F)F)c1. The molecule has 3 nitrogen and oxygen atoms in total. The third-order valence-electron chi connectivity index (χ3n) is 2.12. The molecule has 0 spiro atoms. The molecule has 0 bridgehead atoms. The summed E-state index contributed by atoms with van der Waals surface area (Å²) in [5, 5.41) is 9.44. The van der Waals surface area contributed by atoms with E-state index in [2.05, 4.69) is 0 Å². The normalized spacial score (nSPS) is 11.6. The van der Waals surface area contributed by atoms with Gasteiger partial charge in [0.05, 0.1) is 7.11 Å². The number of aromatic hydroxyl groups is 1. The first-order valence-corrected chi connectivity index (χ1v) is 4.57. The van der Waals surface area contributed by atoms with Crippen LogP contribution in [0.15, 0.2) is 12.1 Å². The molecule has 0 aliphatic heterocycles. The number of ether oxygens (including phenoxy) is 1. The summed E-state index contributed by atoms with van der Waals surface area (Å²) < 4.78 is 42.4. The van der Waals surface area contributed by atoms with E-state index in [4.69, 9.17) is 10.5 Å². The van der Waals surface area contributed by atoms with Crippen molar-refractivity contribution >= 4 is 0 Å². The molecular weight excluding hydrogens is 223 g/mol. The number of phenolic OH excluding ortho intramolecular Hbond substituents is 1. The maximum atomic E-state index is 12.5. The fourth-order valence-electron chi connectivity index (χ4n) is 1.35. The van der Waals surface area contributed by atoms with Crippen molar-refractivity contribution in [3.8, 4) is 11.5 Å². The summed E-state index contributed by atoms with van der Waals surface area (Å²) in [6, 6.07) is 2.10. The van der Waals surface area contributed by atoms with Crippen molar-refractivity contribution in [3.05, 3.63) is 23.3 Å². The van der Waals surface area contributed by atoms with E-state index in [1.54, 1.807) is 0 Å². The van der Waals surface area contributed by atoms with Gasteiger partial charge in [-0.1, -0.05) is 0 Å². The Morgan fingerprint density at radius 1 is 1.38 bits per heavy atom. The Kier molecular flexibility index (Phi) is 3.64. The lowest BCUT2D eigenvalue weighted by Crippen LogP contribution is -2.09. The highest BCUT2D eigenvalue weighted by atomic mass is 19.4. The van der Waals surface area contributed by atoms with Gasteiger partial charge in [0, 0.05) is 0 Å². The van der Waals surface area contributed by atoms with Crippen LogP contribution in [0.5, 0.6) is 11.5 Å². The van der Waals surface area contributed by atoms with Gasteiger partial charge in [0.15, 0.2) is 0 Å². The number of nitrogens with two attached hydrogens (primary N) is 1. The molecule has 3 N–H and O–H groups in total. The van der Waals surface area contributed by atoms with E-state index in [1.807, 2.05) is 0 Å². The zero-order valence-corrected chi connectivity index (χ0v) is 8.64. The highest BCUT2D eigenvalue weighted by Crippen LogP contribution is 2.40. The number of hydrogen-bond acceptors (Lipinski definition) is 3. The van der Waals surface area contributed by atoms with Crippen LogP contribution in [0.2, 0.25) is 0 Å². The van der Waals surface area contributed by atoms with Gasteiger partial charge in [-0.25, -0.2) is 0 Å². The first-order chi connectivity index (χ1) is 7.40. The van der Waals surface area contributed by atoms with Gasteiger partial charge in [0.2, 0.25) is 0 Å². The standard InChI is InChI=1S/C10H12F3NO2/c1-16-7-4-6(2-3-14)9(15)8(5-7)10(11,12)13/h4-5,15H,2-3,14H2,1H3. The zero-order chi connectivity index (χ0) is 12.3. The van der Waals surface area contributed by atoms with E-state index in [9.17, 15) is 18.3 Å². The van der Waals surface area contributed by atoms with Gasteiger partial charge in [-0.15, -0.1) is 0 Å². The molecule has 1 rings (SSSR count). The fraction of sp³-hybridized carbons (Fsp3) is 0.400. The van der Waals surface area contributed by atoms with E-state index in [-0.39, 0.29) is 24.3 Å². The molecule has 0 aliphatic carbocycles. The summed E-state index contributed by atoms with van der Waals surface area (Å²) >= 11 is 0. The minimum atomic E-state index is -4.61. The number of phenols is 1. The molecule has 16 heavy (non-hydrogen) atoms. The van der Waals surface area contributed by atoms with Crippen molar-refractivity contribution in [2.24, 2.45) is 5.73 Å². The van der Waals surface area contributed by atoms with Crippen LogP contribution in [-0.4, -0.2) is 18.8 Å². The largest absolute Gasteiger partial charge is 0.507 e. The van der Waals surface area contributed by atoms with Gasteiger partial charge in [-0.3, -0.25) is 0 Å². The van der Waals surface area contributed by atoms with Crippen molar-refractivity contribution in [1.29, 1.82) is 0 Å². The molecule has 0 saturated carbocycles. The average molecular weight is 235 g/mol. The van der Waals surface area contributed by atoms with Gasteiger partial charge < -0.3 is 15.6 Å². The Labute approximate surface area is 90.6 Å². The smallest absolute Gasteiger partial charge is 0.420 e. The predicted octanol–water partition coefficient (Wildman–Crippen LogP) is 1.92. The van der Waals surface area contributed by atoms with Crippen LogP contribution >= 0.6 is 0 Å². The molecule has 0 amide bonds. The Hall–Kier alpha value is -1.43. The minimum absolute atomic E-state index is 0.0496. The molecule has 90 valence electrons.